The lowest BCUT2D eigenvalue weighted by Crippen LogP contribution is -2.34. The quantitative estimate of drug-likeness (QED) is 0.452. The van der Waals surface area contributed by atoms with Crippen molar-refractivity contribution in [1.29, 1.82) is 0 Å². The van der Waals surface area contributed by atoms with Crippen molar-refractivity contribution < 1.29 is 27.1 Å². The molecule has 0 aliphatic rings. The minimum Gasteiger partial charge on any atom is -0.478 e. The molecule has 3 rings (SSSR count). The summed E-state index contributed by atoms with van der Waals surface area (Å²) in [6.45, 7) is 1.29. The van der Waals surface area contributed by atoms with Gasteiger partial charge in [0.15, 0.2) is 11.6 Å². The van der Waals surface area contributed by atoms with Gasteiger partial charge in [-0.15, -0.1) is 0 Å². The number of hydrogen-bond acceptors (Lipinski definition) is 3. The van der Waals surface area contributed by atoms with Gasteiger partial charge in [-0.3, -0.25) is 0 Å². The maximum atomic E-state index is 14.7. The van der Waals surface area contributed by atoms with E-state index in [-0.39, 0.29) is 10.5 Å². The number of nitrogens with zero attached hydrogens (tertiary/aromatic N) is 1. The molecular formula is C23H20ClF2NO4S. The predicted octanol–water partition coefficient (Wildman–Crippen LogP) is 5.66. The lowest BCUT2D eigenvalue weighted by atomic mass is 10.0. The molecule has 1 atom stereocenters. The normalized spacial score (nSPS) is 12.7. The van der Waals surface area contributed by atoms with Gasteiger partial charge >= 0.3 is 5.97 Å². The third-order valence-corrected chi connectivity index (χ3v) is 7.18. The molecule has 1 N–H and O–H groups in total. The molecule has 0 fully saturated rings. The van der Waals surface area contributed by atoms with E-state index >= 15 is 0 Å². The molecule has 0 aliphatic carbocycles. The third-order valence-electron chi connectivity index (χ3n) is 5.06. The summed E-state index contributed by atoms with van der Waals surface area (Å²) in [7, 11) is -4.16. The van der Waals surface area contributed by atoms with E-state index in [2.05, 4.69) is 0 Å². The number of halogens is 3. The molecule has 3 aromatic carbocycles. The second-order valence-electron chi connectivity index (χ2n) is 7.04. The van der Waals surface area contributed by atoms with Crippen LogP contribution in [0, 0.1) is 11.6 Å². The van der Waals surface area contributed by atoms with E-state index in [1.807, 2.05) is 0 Å². The van der Waals surface area contributed by atoms with Crippen molar-refractivity contribution >= 4 is 27.6 Å². The van der Waals surface area contributed by atoms with E-state index in [0.717, 1.165) is 16.4 Å². The Morgan fingerprint density at radius 3 is 2.19 bits per heavy atom. The number of sulfonamides is 1. The number of carboxylic acids is 1. The molecule has 0 amide bonds. The lowest BCUT2D eigenvalue weighted by molar-refractivity contribution is 0.0690. The van der Waals surface area contributed by atoms with Gasteiger partial charge in [0, 0.05) is 17.1 Å². The Labute approximate surface area is 189 Å². The molecule has 32 heavy (non-hydrogen) atoms. The maximum absolute atomic E-state index is 14.7. The first-order valence-electron chi connectivity index (χ1n) is 9.69. The average Bonchev–Trinajstić information content (AvgIpc) is 2.77. The van der Waals surface area contributed by atoms with Crippen LogP contribution >= 0.6 is 11.6 Å². The van der Waals surface area contributed by atoms with Gasteiger partial charge < -0.3 is 5.11 Å². The number of benzene rings is 3. The largest absolute Gasteiger partial charge is 0.478 e. The maximum Gasteiger partial charge on any atom is 0.338 e. The molecule has 0 saturated carbocycles. The molecule has 3 aromatic rings. The van der Waals surface area contributed by atoms with Crippen LogP contribution in [0.5, 0.6) is 0 Å². The number of carboxylic acid groups (broad SMARTS) is 1. The smallest absolute Gasteiger partial charge is 0.338 e. The zero-order valence-electron chi connectivity index (χ0n) is 17.0. The van der Waals surface area contributed by atoms with E-state index in [1.165, 1.54) is 24.3 Å². The molecular weight excluding hydrogens is 460 g/mol. The lowest BCUT2D eigenvalue weighted by Gasteiger charge is -2.31. The zero-order chi connectivity index (χ0) is 23.5. The molecule has 0 aromatic heterocycles. The van der Waals surface area contributed by atoms with Crippen molar-refractivity contribution in [3.8, 4) is 0 Å². The van der Waals surface area contributed by atoms with Gasteiger partial charge in [0.2, 0.25) is 10.0 Å². The molecule has 9 heteroatoms. The number of rotatable bonds is 8. The highest BCUT2D eigenvalue weighted by atomic mass is 35.5. The highest BCUT2D eigenvalue weighted by Crippen LogP contribution is 2.33. The van der Waals surface area contributed by atoms with Crippen LogP contribution < -0.4 is 0 Å². The second kappa shape index (κ2) is 9.77. The Balaban J connectivity index is 2.14. The van der Waals surface area contributed by atoms with Crippen molar-refractivity contribution in [2.45, 2.75) is 30.8 Å². The summed E-state index contributed by atoms with van der Waals surface area (Å²) in [5, 5.41) is 9.36. The van der Waals surface area contributed by atoms with Gasteiger partial charge in [-0.2, -0.15) is 4.31 Å². The van der Waals surface area contributed by atoms with Crippen molar-refractivity contribution in [3.63, 3.8) is 0 Å². The first-order valence-corrected chi connectivity index (χ1v) is 11.5. The van der Waals surface area contributed by atoms with E-state index in [9.17, 15) is 22.0 Å². The standard InChI is InChI=1S/C23H20ClF2NO4S/c1-2-20(15-6-4-3-5-7-15)27(32(30,31)18-11-9-17(24)10-12-18)14-16-8-13-19(23(28)29)22(26)21(16)25/h3-13,20H,2,14H2,1H3,(H,28,29). The van der Waals surface area contributed by atoms with Crippen LogP contribution in [0.4, 0.5) is 8.78 Å². The van der Waals surface area contributed by atoms with Crippen LogP contribution in [0.2, 0.25) is 5.02 Å². The third kappa shape index (κ3) is 4.82. The topological polar surface area (TPSA) is 74.7 Å². The monoisotopic (exact) mass is 479 g/mol. The Morgan fingerprint density at radius 2 is 1.62 bits per heavy atom. The van der Waals surface area contributed by atoms with Gasteiger partial charge in [-0.25, -0.2) is 22.0 Å². The Hall–Kier alpha value is -2.81. The first kappa shape index (κ1) is 23.8. The highest BCUT2D eigenvalue weighted by Gasteiger charge is 2.33. The van der Waals surface area contributed by atoms with Crippen molar-refractivity contribution in [1.82, 2.24) is 4.31 Å². The Bertz CT molecular complexity index is 1220. The zero-order valence-corrected chi connectivity index (χ0v) is 18.6. The molecule has 0 saturated heterocycles. The fourth-order valence-electron chi connectivity index (χ4n) is 3.43. The highest BCUT2D eigenvalue weighted by molar-refractivity contribution is 7.89. The molecule has 0 aliphatic heterocycles. The van der Waals surface area contributed by atoms with Gasteiger partial charge in [0.25, 0.3) is 0 Å². The SMILES string of the molecule is CCC(c1ccccc1)N(Cc1ccc(C(=O)O)c(F)c1F)S(=O)(=O)c1ccc(Cl)cc1. The first-order chi connectivity index (χ1) is 15.2. The van der Waals surface area contributed by atoms with Crippen LogP contribution in [0.25, 0.3) is 0 Å². The summed E-state index contributed by atoms with van der Waals surface area (Å²) in [5.74, 6) is -4.55. The summed E-state index contributed by atoms with van der Waals surface area (Å²) in [5.41, 5.74) is -0.427. The van der Waals surface area contributed by atoms with Gasteiger partial charge in [0.05, 0.1) is 16.5 Å². The van der Waals surface area contributed by atoms with E-state index in [4.69, 9.17) is 16.7 Å². The number of hydrogen-bond donors (Lipinski definition) is 1. The number of aromatic carboxylic acids is 1. The molecule has 1 unspecified atom stereocenters. The summed E-state index contributed by atoms with van der Waals surface area (Å²) < 4.78 is 57.2. The predicted molar refractivity (Wildman–Crippen MR) is 117 cm³/mol. The molecule has 0 heterocycles. The minimum absolute atomic E-state index is 0.0562. The second-order valence-corrected chi connectivity index (χ2v) is 9.37. The van der Waals surface area contributed by atoms with E-state index in [1.54, 1.807) is 37.3 Å². The van der Waals surface area contributed by atoms with Crippen molar-refractivity contribution in [3.05, 3.63) is 100 Å². The van der Waals surface area contributed by atoms with Gasteiger partial charge in [-0.1, -0.05) is 54.9 Å². The van der Waals surface area contributed by atoms with Gasteiger partial charge in [0.1, 0.15) is 0 Å². The van der Waals surface area contributed by atoms with Crippen LogP contribution in [0.15, 0.2) is 71.6 Å². The van der Waals surface area contributed by atoms with Crippen molar-refractivity contribution in [2.24, 2.45) is 0 Å². The van der Waals surface area contributed by atoms with Crippen LogP contribution in [-0.2, 0) is 16.6 Å². The van der Waals surface area contributed by atoms with Gasteiger partial charge in [-0.05, 0) is 42.3 Å². The summed E-state index contributed by atoms with van der Waals surface area (Å²) >= 11 is 5.89. The summed E-state index contributed by atoms with van der Waals surface area (Å²) in [6, 6.07) is 15.7. The molecule has 5 nitrogen and oxygen atoms in total. The fraction of sp³-hybridized carbons (Fsp3) is 0.174. The molecule has 168 valence electrons. The summed E-state index contributed by atoms with van der Waals surface area (Å²) in [4.78, 5) is 11.0. The summed E-state index contributed by atoms with van der Waals surface area (Å²) in [6.07, 6.45) is 0.355. The molecule has 0 bridgehead atoms. The van der Waals surface area contributed by atoms with Crippen molar-refractivity contribution in [2.75, 3.05) is 0 Å². The van der Waals surface area contributed by atoms with Crippen LogP contribution in [0.3, 0.4) is 0 Å². The Kier molecular flexibility index (Phi) is 7.28. The fourth-order valence-corrected chi connectivity index (χ4v) is 5.22. The van der Waals surface area contributed by atoms with E-state index in [0.29, 0.717) is 17.0 Å². The minimum atomic E-state index is -4.16. The van der Waals surface area contributed by atoms with Crippen LogP contribution in [-0.4, -0.2) is 23.8 Å². The molecule has 0 radical (unpaired) electrons. The van der Waals surface area contributed by atoms with Crippen LogP contribution in [0.1, 0.15) is 40.9 Å². The average molecular weight is 480 g/mol. The Morgan fingerprint density at radius 1 is 1.00 bits per heavy atom. The van der Waals surface area contributed by atoms with E-state index < -0.39 is 45.8 Å². The number of carbonyl (C=O) groups is 1. The molecule has 0 spiro atoms.